The van der Waals surface area contributed by atoms with Gasteiger partial charge in [0.2, 0.25) is 0 Å². The number of carbonyl (C=O) groups excluding carboxylic acids is 1. The third kappa shape index (κ3) is 4.67. The lowest BCUT2D eigenvalue weighted by Gasteiger charge is -2.17. The van der Waals surface area contributed by atoms with Crippen LogP contribution in [0.5, 0.6) is 0 Å². The summed E-state index contributed by atoms with van der Waals surface area (Å²) < 4.78 is 0. The van der Waals surface area contributed by atoms with E-state index in [0.717, 1.165) is 16.7 Å². The van der Waals surface area contributed by atoms with E-state index < -0.39 is 0 Å². The Morgan fingerprint density at radius 1 is 1.36 bits per heavy atom. The van der Waals surface area contributed by atoms with Crippen LogP contribution in [0.1, 0.15) is 18.1 Å². The van der Waals surface area contributed by atoms with Crippen LogP contribution >= 0.6 is 0 Å². The minimum atomic E-state index is -0.188. The van der Waals surface area contributed by atoms with Gasteiger partial charge in [0.25, 0.3) is 5.91 Å². The first-order valence-corrected chi connectivity index (χ1v) is 8.10. The van der Waals surface area contributed by atoms with Crippen molar-refractivity contribution < 1.29 is 4.79 Å². The number of carbonyl (C=O) groups is 1. The predicted octanol–water partition coefficient (Wildman–Crippen LogP) is 3.70. The van der Waals surface area contributed by atoms with Crippen LogP contribution < -0.4 is 10.7 Å². The molecular weight excluding hydrogens is 310 g/mol. The summed E-state index contributed by atoms with van der Waals surface area (Å²) in [5.74, 6) is -0.188. The van der Waals surface area contributed by atoms with Crippen LogP contribution in [0.4, 0.5) is 0 Å². The number of rotatable bonds is 6. The topological polar surface area (TPSA) is 53.5 Å². The van der Waals surface area contributed by atoms with E-state index in [-0.39, 0.29) is 5.91 Å². The molecule has 4 heteroatoms. The Morgan fingerprint density at radius 2 is 2.12 bits per heavy atom. The van der Waals surface area contributed by atoms with Crippen molar-refractivity contribution in [3.05, 3.63) is 95.8 Å². The van der Waals surface area contributed by atoms with Gasteiger partial charge in [0.15, 0.2) is 0 Å². The summed E-state index contributed by atoms with van der Waals surface area (Å²) in [4.78, 5) is 12.6. The summed E-state index contributed by atoms with van der Waals surface area (Å²) >= 11 is 0. The number of hydrazone groups is 1. The molecule has 1 heterocycles. The van der Waals surface area contributed by atoms with Gasteiger partial charge in [-0.05, 0) is 31.1 Å². The summed E-state index contributed by atoms with van der Waals surface area (Å²) in [5, 5.41) is 7.20. The van der Waals surface area contributed by atoms with Crippen LogP contribution in [0.2, 0.25) is 0 Å². The number of hydrogen-bond acceptors (Lipinski definition) is 3. The van der Waals surface area contributed by atoms with Crippen molar-refractivity contribution in [3.63, 3.8) is 0 Å². The molecule has 1 amide bonds. The van der Waals surface area contributed by atoms with E-state index in [0.29, 0.717) is 23.5 Å². The molecule has 0 spiro atoms. The second-order valence-electron chi connectivity index (χ2n) is 5.61. The standard InChI is InChI=1S/C21H23N3O/c1-5-9-17(10-6-2)20-13-19(16(4)23-24-20)21(25)22-14-18-12-8-7-11-15(18)3/h5-13,23H,1,4,14H2,2-3H3,(H,22,25)/b10-6-,17-9+. The number of aryl methyl sites for hydroxylation is 1. The highest BCUT2D eigenvalue weighted by molar-refractivity contribution is 6.16. The molecule has 1 aromatic carbocycles. The number of amides is 1. The second-order valence-corrected chi connectivity index (χ2v) is 5.61. The Labute approximate surface area is 149 Å². The smallest absolute Gasteiger partial charge is 0.253 e. The number of benzene rings is 1. The maximum atomic E-state index is 12.6. The molecule has 0 aliphatic carbocycles. The highest BCUT2D eigenvalue weighted by Gasteiger charge is 2.18. The normalized spacial score (nSPS) is 14.6. The molecule has 1 aliphatic rings. The van der Waals surface area contributed by atoms with Crippen LogP contribution in [-0.4, -0.2) is 11.6 Å². The lowest BCUT2D eigenvalue weighted by Crippen LogP contribution is -2.30. The Balaban J connectivity index is 2.18. The fourth-order valence-corrected chi connectivity index (χ4v) is 2.41. The summed E-state index contributed by atoms with van der Waals surface area (Å²) in [6.07, 6.45) is 9.09. The molecule has 4 nitrogen and oxygen atoms in total. The summed E-state index contributed by atoms with van der Waals surface area (Å²) in [6, 6.07) is 7.97. The van der Waals surface area contributed by atoms with Crippen molar-refractivity contribution in [3.8, 4) is 0 Å². The van der Waals surface area contributed by atoms with Crippen molar-refractivity contribution in [2.24, 2.45) is 5.10 Å². The van der Waals surface area contributed by atoms with Gasteiger partial charge in [-0.15, -0.1) is 0 Å². The lowest BCUT2D eigenvalue weighted by atomic mass is 10.0. The fourth-order valence-electron chi connectivity index (χ4n) is 2.41. The molecule has 0 saturated heterocycles. The van der Waals surface area contributed by atoms with Crippen LogP contribution in [0.3, 0.4) is 0 Å². The zero-order valence-electron chi connectivity index (χ0n) is 14.7. The van der Waals surface area contributed by atoms with Crippen molar-refractivity contribution in [2.45, 2.75) is 20.4 Å². The van der Waals surface area contributed by atoms with E-state index in [4.69, 9.17) is 0 Å². The van der Waals surface area contributed by atoms with Gasteiger partial charge < -0.3 is 5.32 Å². The molecule has 2 N–H and O–H groups in total. The minimum absolute atomic E-state index is 0.188. The van der Waals surface area contributed by atoms with E-state index in [1.807, 2.05) is 56.3 Å². The van der Waals surface area contributed by atoms with Crippen LogP contribution in [0, 0.1) is 6.92 Å². The highest BCUT2D eigenvalue weighted by Crippen LogP contribution is 2.15. The first kappa shape index (κ1) is 18.2. The molecule has 0 aromatic heterocycles. The van der Waals surface area contributed by atoms with E-state index >= 15 is 0 Å². The van der Waals surface area contributed by atoms with Gasteiger partial charge in [0, 0.05) is 12.1 Å². The van der Waals surface area contributed by atoms with Gasteiger partial charge in [0.1, 0.15) is 0 Å². The molecular formula is C21H23N3O. The Hall–Kier alpha value is -3.14. The molecule has 0 saturated carbocycles. The molecule has 1 aliphatic heterocycles. The van der Waals surface area contributed by atoms with Crippen molar-refractivity contribution in [1.29, 1.82) is 0 Å². The van der Waals surface area contributed by atoms with Gasteiger partial charge in [-0.1, -0.05) is 61.7 Å². The average Bonchev–Trinajstić information content (AvgIpc) is 2.61. The minimum Gasteiger partial charge on any atom is -0.348 e. The molecule has 0 atom stereocenters. The molecule has 0 unspecified atom stereocenters. The second kappa shape index (κ2) is 8.64. The van der Waals surface area contributed by atoms with E-state index in [9.17, 15) is 4.79 Å². The van der Waals surface area contributed by atoms with Crippen LogP contribution in [0.15, 0.2) is 89.7 Å². The largest absolute Gasteiger partial charge is 0.348 e. The number of nitrogens with one attached hydrogen (secondary N) is 2. The van der Waals surface area contributed by atoms with E-state index in [2.05, 4.69) is 29.0 Å². The predicted molar refractivity (Wildman–Crippen MR) is 104 cm³/mol. The van der Waals surface area contributed by atoms with Crippen molar-refractivity contribution in [1.82, 2.24) is 10.7 Å². The molecule has 0 bridgehead atoms. The Morgan fingerprint density at radius 3 is 2.80 bits per heavy atom. The van der Waals surface area contributed by atoms with Gasteiger partial charge in [-0.25, -0.2) is 0 Å². The monoisotopic (exact) mass is 333 g/mol. The molecule has 2 rings (SSSR count). The number of allylic oxidation sites excluding steroid dienone is 6. The molecule has 25 heavy (non-hydrogen) atoms. The van der Waals surface area contributed by atoms with Crippen LogP contribution in [-0.2, 0) is 11.3 Å². The van der Waals surface area contributed by atoms with E-state index in [1.54, 1.807) is 12.2 Å². The number of nitrogens with zero attached hydrogens (tertiary/aromatic N) is 1. The Kier molecular flexibility index (Phi) is 6.29. The summed E-state index contributed by atoms with van der Waals surface area (Å²) in [7, 11) is 0. The Bertz CT molecular complexity index is 810. The SMILES string of the molecule is C=C/C=C(\C=C/C)C1=NNC(=C)C(C(=O)NCc2ccccc2C)=C1. The molecule has 0 radical (unpaired) electrons. The summed E-state index contributed by atoms with van der Waals surface area (Å²) in [5.41, 5.74) is 7.52. The van der Waals surface area contributed by atoms with Gasteiger partial charge >= 0.3 is 0 Å². The molecule has 128 valence electrons. The lowest BCUT2D eigenvalue weighted by molar-refractivity contribution is -0.117. The van der Waals surface area contributed by atoms with Crippen molar-refractivity contribution >= 4 is 11.6 Å². The summed E-state index contributed by atoms with van der Waals surface area (Å²) in [6.45, 7) is 12.0. The maximum absolute atomic E-state index is 12.6. The van der Waals surface area contributed by atoms with Gasteiger partial charge in [-0.2, -0.15) is 5.10 Å². The average molecular weight is 333 g/mol. The third-order valence-electron chi connectivity index (χ3n) is 3.80. The molecule has 0 fully saturated rings. The molecule has 1 aromatic rings. The first-order valence-electron chi connectivity index (χ1n) is 8.10. The van der Waals surface area contributed by atoms with Gasteiger partial charge in [-0.3, -0.25) is 10.2 Å². The van der Waals surface area contributed by atoms with E-state index in [1.165, 1.54) is 0 Å². The van der Waals surface area contributed by atoms with Gasteiger partial charge in [0.05, 0.1) is 17.0 Å². The first-order chi connectivity index (χ1) is 12.1. The highest BCUT2D eigenvalue weighted by atomic mass is 16.1. The third-order valence-corrected chi connectivity index (χ3v) is 3.80. The number of hydrogen-bond donors (Lipinski definition) is 2. The zero-order chi connectivity index (χ0) is 18.2. The quantitative estimate of drug-likeness (QED) is 0.780. The maximum Gasteiger partial charge on any atom is 0.253 e. The zero-order valence-corrected chi connectivity index (χ0v) is 14.7. The van der Waals surface area contributed by atoms with Crippen LogP contribution in [0.25, 0.3) is 0 Å². The fraction of sp³-hybridized carbons (Fsp3) is 0.143. The van der Waals surface area contributed by atoms with Crippen molar-refractivity contribution in [2.75, 3.05) is 0 Å².